The molecule has 3 nitrogen and oxygen atoms in total. The molecule has 0 N–H and O–H groups in total. The number of thiophene rings is 1. The van der Waals surface area contributed by atoms with Crippen molar-refractivity contribution in [2.24, 2.45) is 0 Å². The number of aromatic nitrogens is 3. The van der Waals surface area contributed by atoms with Crippen molar-refractivity contribution in [3.05, 3.63) is 200 Å². The molecule has 0 bridgehead atoms. The SMILES string of the molecule is c1cc(-c2nc(-c3cccc4ccccc34)nc(-c3cccc4ccccc34)n2)cc(-c2c3ccccc3cc3sc4c(ccc5c6ccccc6c6ccccc6c54)c23)c1. The van der Waals surface area contributed by atoms with E-state index in [1.54, 1.807) is 0 Å². The summed E-state index contributed by atoms with van der Waals surface area (Å²) < 4.78 is 2.59. The van der Waals surface area contributed by atoms with E-state index in [0.29, 0.717) is 17.5 Å². The predicted octanol–water partition coefficient (Wildman–Crippen LogP) is 15.8. The van der Waals surface area contributed by atoms with Crippen LogP contribution in [0.2, 0.25) is 0 Å². The molecule has 13 aromatic rings. The molecule has 4 heteroatoms. The van der Waals surface area contributed by atoms with E-state index in [9.17, 15) is 0 Å². The Hall–Kier alpha value is -7.79. The molecule has 0 spiro atoms. The molecule has 0 radical (unpaired) electrons. The smallest absolute Gasteiger partial charge is 0.164 e. The summed E-state index contributed by atoms with van der Waals surface area (Å²) in [6, 6.07) is 72.0. The first-order valence-corrected chi connectivity index (χ1v) is 21.5. The fraction of sp³-hybridized carbons (Fsp3) is 0. The minimum atomic E-state index is 0.638. The zero-order chi connectivity index (χ0) is 40.0. The van der Waals surface area contributed by atoms with Gasteiger partial charge in [0.25, 0.3) is 0 Å². The van der Waals surface area contributed by atoms with Crippen molar-refractivity contribution < 1.29 is 0 Å². The second kappa shape index (κ2) is 13.4. The van der Waals surface area contributed by atoms with Gasteiger partial charge in [0, 0.05) is 42.2 Å². The summed E-state index contributed by atoms with van der Waals surface area (Å²) in [7, 11) is 0. The van der Waals surface area contributed by atoms with Crippen LogP contribution >= 0.6 is 11.3 Å². The maximum atomic E-state index is 5.30. The van der Waals surface area contributed by atoms with Crippen LogP contribution in [0.15, 0.2) is 200 Å². The lowest BCUT2D eigenvalue weighted by Gasteiger charge is -2.14. The molecule has 0 saturated carbocycles. The quantitative estimate of drug-likeness (QED) is 0.167. The van der Waals surface area contributed by atoms with Crippen LogP contribution < -0.4 is 0 Å². The van der Waals surface area contributed by atoms with E-state index in [1.807, 2.05) is 11.3 Å². The van der Waals surface area contributed by atoms with Gasteiger partial charge in [-0.05, 0) is 82.5 Å². The molecule has 2 aromatic heterocycles. The highest BCUT2D eigenvalue weighted by Crippen LogP contribution is 2.49. The molecule has 0 saturated heterocycles. The molecule has 11 aromatic carbocycles. The molecule has 2 heterocycles. The van der Waals surface area contributed by atoms with Gasteiger partial charge in [0.1, 0.15) is 0 Å². The Labute approximate surface area is 354 Å². The number of rotatable bonds is 4. The number of hydrogen-bond acceptors (Lipinski definition) is 4. The Morgan fingerprint density at radius 3 is 1.41 bits per heavy atom. The summed E-state index contributed by atoms with van der Waals surface area (Å²) in [6.07, 6.45) is 0. The van der Waals surface area contributed by atoms with Gasteiger partial charge in [-0.1, -0.05) is 188 Å². The van der Waals surface area contributed by atoms with Crippen LogP contribution in [0.3, 0.4) is 0 Å². The summed E-state index contributed by atoms with van der Waals surface area (Å²) in [4.78, 5) is 15.8. The number of fused-ring (bicyclic) bond motifs is 13. The average molecular weight is 792 g/mol. The molecule has 0 fully saturated rings. The Morgan fingerprint density at radius 2 is 0.754 bits per heavy atom. The van der Waals surface area contributed by atoms with Crippen LogP contribution in [-0.2, 0) is 0 Å². The van der Waals surface area contributed by atoms with Gasteiger partial charge in [0.05, 0.1) is 0 Å². The van der Waals surface area contributed by atoms with E-state index < -0.39 is 0 Å². The molecule has 0 atom stereocenters. The van der Waals surface area contributed by atoms with Crippen LogP contribution in [0.4, 0.5) is 0 Å². The molecule has 282 valence electrons. The Balaban J connectivity index is 1.08. The summed E-state index contributed by atoms with van der Waals surface area (Å²) in [6.45, 7) is 0. The summed E-state index contributed by atoms with van der Waals surface area (Å²) in [5.41, 5.74) is 5.25. The van der Waals surface area contributed by atoms with Gasteiger partial charge in [-0.15, -0.1) is 11.3 Å². The highest BCUT2D eigenvalue weighted by Gasteiger charge is 2.21. The second-order valence-corrected chi connectivity index (χ2v) is 16.9. The lowest BCUT2D eigenvalue weighted by atomic mass is 9.90. The average Bonchev–Trinajstić information content (AvgIpc) is 3.71. The van der Waals surface area contributed by atoms with Crippen molar-refractivity contribution in [3.63, 3.8) is 0 Å². The van der Waals surface area contributed by atoms with Crippen LogP contribution in [-0.4, -0.2) is 15.0 Å². The highest BCUT2D eigenvalue weighted by molar-refractivity contribution is 7.27. The summed E-state index contributed by atoms with van der Waals surface area (Å²) in [5, 5.41) is 17.3. The van der Waals surface area contributed by atoms with Crippen molar-refractivity contribution in [2.75, 3.05) is 0 Å². The standard InChI is InChI=1S/C57H33N3S/c1-4-21-39-34(14-1)17-12-28-47(39)56-58-55(59-57(60-56)48-29-13-18-35-15-2-5-22-40(35)48)38-20-11-19-37(32-38)51-41-23-6-3-16-36(41)33-50-53(51)49-31-30-46-44-26-8-7-24-42(44)43-25-9-10-27-45(43)52(46)54(49)61-50/h1-33H. The van der Waals surface area contributed by atoms with Gasteiger partial charge in [-0.3, -0.25) is 0 Å². The molecule has 0 aliphatic rings. The minimum absolute atomic E-state index is 0.638. The van der Waals surface area contributed by atoms with Crippen LogP contribution in [0.5, 0.6) is 0 Å². The first-order valence-electron chi connectivity index (χ1n) is 20.7. The number of benzene rings is 11. The van der Waals surface area contributed by atoms with E-state index in [-0.39, 0.29) is 0 Å². The first-order chi connectivity index (χ1) is 30.2. The van der Waals surface area contributed by atoms with Crippen molar-refractivity contribution in [1.82, 2.24) is 15.0 Å². The van der Waals surface area contributed by atoms with Crippen LogP contribution in [0.1, 0.15) is 0 Å². The fourth-order valence-corrected chi connectivity index (χ4v) is 11.1. The van der Waals surface area contributed by atoms with Crippen molar-refractivity contribution in [1.29, 1.82) is 0 Å². The van der Waals surface area contributed by atoms with Crippen molar-refractivity contribution in [3.8, 4) is 45.3 Å². The van der Waals surface area contributed by atoms with Crippen molar-refractivity contribution in [2.45, 2.75) is 0 Å². The summed E-state index contributed by atoms with van der Waals surface area (Å²) in [5.74, 6) is 1.94. The molecule has 0 aliphatic heterocycles. The maximum Gasteiger partial charge on any atom is 0.164 e. The van der Waals surface area contributed by atoms with E-state index in [1.165, 1.54) is 68.8 Å². The Kier molecular flexibility index (Phi) is 7.47. The first kappa shape index (κ1) is 34.1. The van der Waals surface area contributed by atoms with Crippen LogP contribution in [0, 0.1) is 0 Å². The molecule has 0 unspecified atom stereocenters. The van der Waals surface area contributed by atoms with E-state index in [2.05, 4.69) is 200 Å². The zero-order valence-corrected chi connectivity index (χ0v) is 33.6. The van der Waals surface area contributed by atoms with Gasteiger partial charge >= 0.3 is 0 Å². The van der Waals surface area contributed by atoms with Crippen LogP contribution in [0.25, 0.3) is 130 Å². The highest BCUT2D eigenvalue weighted by atomic mass is 32.1. The van der Waals surface area contributed by atoms with Gasteiger partial charge < -0.3 is 0 Å². The second-order valence-electron chi connectivity index (χ2n) is 15.8. The molecule has 61 heavy (non-hydrogen) atoms. The topological polar surface area (TPSA) is 38.7 Å². The molecule has 0 amide bonds. The predicted molar refractivity (Wildman–Crippen MR) is 259 cm³/mol. The zero-order valence-electron chi connectivity index (χ0n) is 32.8. The lowest BCUT2D eigenvalue weighted by molar-refractivity contribution is 1.08. The largest absolute Gasteiger partial charge is 0.208 e. The van der Waals surface area contributed by atoms with Gasteiger partial charge in [-0.2, -0.15) is 0 Å². The minimum Gasteiger partial charge on any atom is -0.208 e. The normalized spacial score (nSPS) is 11.9. The van der Waals surface area contributed by atoms with Crippen molar-refractivity contribution >= 4 is 96.1 Å². The van der Waals surface area contributed by atoms with E-state index in [0.717, 1.165) is 43.8 Å². The maximum absolute atomic E-state index is 5.30. The molecule has 0 aliphatic carbocycles. The summed E-state index contributed by atoms with van der Waals surface area (Å²) >= 11 is 1.91. The van der Waals surface area contributed by atoms with Gasteiger partial charge in [0.2, 0.25) is 0 Å². The third kappa shape index (κ3) is 5.26. The fourth-order valence-electron chi connectivity index (χ4n) is 9.75. The van der Waals surface area contributed by atoms with Gasteiger partial charge in [0.15, 0.2) is 17.5 Å². The molecule has 13 rings (SSSR count). The Morgan fingerprint density at radius 1 is 0.295 bits per heavy atom. The number of hydrogen-bond donors (Lipinski definition) is 0. The van der Waals surface area contributed by atoms with Gasteiger partial charge in [-0.25, -0.2) is 15.0 Å². The molecular formula is C57H33N3S. The van der Waals surface area contributed by atoms with E-state index in [4.69, 9.17) is 15.0 Å². The number of nitrogens with zero attached hydrogens (tertiary/aromatic N) is 3. The van der Waals surface area contributed by atoms with E-state index >= 15 is 0 Å². The Bertz CT molecular complexity index is 3810. The third-order valence-corrected chi connectivity index (χ3v) is 13.6. The monoisotopic (exact) mass is 791 g/mol. The third-order valence-electron chi connectivity index (χ3n) is 12.5. The lowest BCUT2D eigenvalue weighted by Crippen LogP contribution is -2.01. The molecular weight excluding hydrogens is 759 g/mol.